The number of benzene rings is 3. The lowest BCUT2D eigenvalue weighted by molar-refractivity contribution is -0.115. The molecule has 4 rings (SSSR count). The molecule has 0 fully saturated rings. The Labute approximate surface area is 205 Å². The monoisotopic (exact) mass is 494 g/mol. The molecule has 0 aliphatic rings. The van der Waals surface area contributed by atoms with Crippen LogP contribution in [-0.2, 0) is 11.2 Å². The van der Waals surface area contributed by atoms with Gasteiger partial charge in [0.15, 0.2) is 5.82 Å². The zero-order valence-electron chi connectivity index (χ0n) is 18.7. The summed E-state index contributed by atoms with van der Waals surface area (Å²) in [5, 5.41) is 2.82. The maximum absolute atomic E-state index is 13.8. The molecule has 3 aromatic carbocycles. The summed E-state index contributed by atoms with van der Waals surface area (Å²) in [4.78, 5) is 17.2. The number of carbonyl (C=O) groups excluding carboxylic acids is 1. The fourth-order valence-electron chi connectivity index (χ4n) is 3.41. The molecule has 0 saturated carbocycles. The first-order valence-electron chi connectivity index (χ1n) is 10.8. The van der Waals surface area contributed by atoms with Gasteiger partial charge in [-0.15, -0.1) is 11.8 Å². The Morgan fingerprint density at radius 3 is 2.51 bits per heavy atom. The van der Waals surface area contributed by atoms with Crippen molar-refractivity contribution in [2.45, 2.75) is 18.2 Å². The minimum absolute atomic E-state index is 0.173. The van der Waals surface area contributed by atoms with E-state index in [-0.39, 0.29) is 29.4 Å². The Morgan fingerprint density at radius 2 is 1.80 bits per heavy atom. The van der Waals surface area contributed by atoms with Gasteiger partial charge in [-0.05, 0) is 53.8 Å². The first-order chi connectivity index (χ1) is 16.9. The fraction of sp³-hybridized carbons (Fsp3) is 0.111. The second-order valence-electron chi connectivity index (χ2n) is 7.57. The van der Waals surface area contributed by atoms with Gasteiger partial charge in [-0.3, -0.25) is 4.79 Å². The number of nitrogens with zero attached hydrogens (tertiary/aromatic N) is 1. The van der Waals surface area contributed by atoms with Crippen molar-refractivity contribution in [3.05, 3.63) is 102 Å². The number of carbonyl (C=O) groups is 1. The maximum atomic E-state index is 13.8. The lowest BCUT2D eigenvalue weighted by Gasteiger charge is -2.14. The third-order valence-corrected chi connectivity index (χ3v) is 5.89. The lowest BCUT2D eigenvalue weighted by Crippen LogP contribution is -2.14. The van der Waals surface area contributed by atoms with Crippen LogP contribution in [0.3, 0.4) is 0 Å². The first kappa shape index (κ1) is 24.3. The van der Waals surface area contributed by atoms with E-state index in [2.05, 4.69) is 17.2 Å². The minimum atomic E-state index is -1.22. The van der Waals surface area contributed by atoms with E-state index < -0.39 is 17.6 Å². The fourth-order valence-corrected chi connectivity index (χ4v) is 4.07. The summed E-state index contributed by atoms with van der Waals surface area (Å²) in [5.41, 5.74) is 1.95. The molecule has 35 heavy (non-hydrogen) atoms. The molecule has 0 spiro atoms. The highest BCUT2D eigenvalue weighted by Gasteiger charge is 2.14. The molecule has 0 unspecified atom stereocenters. The highest BCUT2D eigenvalue weighted by molar-refractivity contribution is 7.99. The van der Waals surface area contributed by atoms with E-state index in [1.165, 1.54) is 24.4 Å². The van der Waals surface area contributed by atoms with Crippen LogP contribution in [0.4, 0.5) is 18.9 Å². The van der Waals surface area contributed by atoms with Crippen LogP contribution in [0.5, 0.6) is 11.5 Å². The quantitative estimate of drug-likeness (QED) is 0.207. The molecule has 1 amide bonds. The third kappa shape index (κ3) is 6.42. The van der Waals surface area contributed by atoms with Crippen molar-refractivity contribution in [1.29, 1.82) is 0 Å². The zero-order valence-corrected chi connectivity index (χ0v) is 19.5. The SMILES string of the molecule is CCSc1ccc(CC(=O)Nc2ccc(-c3cnc(F)c(F)c3)c(Oc3cccc(F)c3)c2)cc1. The predicted octanol–water partition coefficient (Wildman–Crippen LogP) is 7.25. The number of pyridine rings is 1. The second kappa shape index (κ2) is 11.1. The number of anilines is 1. The van der Waals surface area contributed by atoms with Gasteiger partial charge in [0, 0.05) is 40.0 Å². The number of hydrogen-bond acceptors (Lipinski definition) is 4. The van der Waals surface area contributed by atoms with Gasteiger partial charge in [0.2, 0.25) is 11.9 Å². The van der Waals surface area contributed by atoms with Crippen LogP contribution in [0.25, 0.3) is 11.1 Å². The van der Waals surface area contributed by atoms with E-state index in [9.17, 15) is 18.0 Å². The van der Waals surface area contributed by atoms with E-state index in [1.807, 2.05) is 24.3 Å². The molecule has 178 valence electrons. The molecule has 0 bridgehead atoms. The van der Waals surface area contributed by atoms with Crippen LogP contribution in [0.2, 0.25) is 0 Å². The van der Waals surface area contributed by atoms with E-state index in [4.69, 9.17) is 4.74 Å². The zero-order chi connectivity index (χ0) is 24.8. The Balaban J connectivity index is 1.59. The average molecular weight is 495 g/mol. The van der Waals surface area contributed by atoms with Gasteiger partial charge in [0.25, 0.3) is 0 Å². The van der Waals surface area contributed by atoms with Gasteiger partial charge in [-0.25, -0.2) is 13.8 Å². The van der Waals surface area contributed by atoms with Gasteiger partial charge in [0.1, 0.15) is 17.3 Å². The number of nitrogens with one attached hydrogen (secondary N) is 1. The van der Waals surface area contributed by atoms with Crippen molar-refractivity contribution in [3.8, 4) is 22.6 Å². The van der Waals surface area contributed by atoms with Crippen LogP contribution in [0.15, 0.2) is 83.9 Å². The molecule has 1 N–H and O–H groups in total. The number of halogens is 3. The summed E-state index contributed by atoms with van der Waals surface area (Å²) in [6.07, 6.45) is 1.34. The van der Waals surface area contributed by atoms with E-state index in [0.29, 0.717) is 11.3 Å². The highest BCUT2D eigenvalue weighted by atomic mass is 32.2. The number of aromatic nitrogens is 1. The molecule has 0 aliphatic carbocycles. The predicted molar refractivity (Wildman–Crippen MR) is 131 cm³/mol. The second-order valence-corrected chi connectivity index (χ2v) is 8.91. The summed E-state index contributed by atoms with van der Waals surface area (Å²) in [7, 11) is 0. The Hall–Kier alpha value is -3.78. The molecule has 8 heteroatoms. The van der Waals surface area contributed by atoms with Gasteiger partial charge >= 0.3 is 0 Å². The lowest BCUT2D eigenvalue weighted by atomic mass is 10.1. The van der Waals surface area contributed by atoms with Crippen molar-refractivity contribution in [3.63, 3.8) is 0 Å². The molecule has 4 aromatic rings. The van der Waals surface area contributed by atoms with Gasteiger partial charge < -0.3 is 10.1 Å². The summed E-state index contributed by atoms with van der Waals surface area (Å²) in [6.45, 7) is 2.08. The molecular formula is C27H21F3N2O2S. The number of rotatable bonds is 8. The molecule has 0 atom stereocenters. The summed E-state index contributed by atoms with van der Waals surface area (Å²) >= 11 is 1.72. The molecule has 1 heterocycles. The molecule has 0 aliphatic heterocycles. The Morgan fingerprint density at radius 1 is 1.00 bits per heavy atom. The Bertz CT molecular complexity index is 1350. The minimum Gasteiger partial charge on any atom is -0.457 e. The topological polar surface area (TPSA) is 51.2 Å². The van der Waals surface area contributed by atoms with Gasteiger partial charge in [0.05, 0.1) is 6.42 Å². The number of hydrogen-bond donors (Lipinski definition) is 1. The average Bonchev–Trinajstić information content (AvgIpc) is 2.83. The number of amides is 1. The molecular weight excluding hydrogens is 473 g/mol. The van der Waals surface area contributed by atoms with Crippen molar-refractivity contribution in [1.82, 2.24) is 4.98 Å². The van der Waals surface area contributed by atoms with Gasteiger partial charge in [-0.1, -0.05) is 25.1 Å². The normalized spacial score (nSPS) is 10.7. The number of ether oxygens (including phenoxy) is 1. The van der Waals surface area contributed by atoms with Crippen molar-refractivity contribution in [2.75, 3.05) is 11.1 Å². The molecule has 4 nitrogen and oxygen atoms in total. The van der Waals surface area contributed by atoms with Crippen molar-refractivity contribution in [2.24, 2.45) is 0 Å². The standard InChI is InChI=1S/C27H21F3N2O2S/c1-2-35-22-9-6-17(7-10-22)12-26(33)32-20-8-11-23(18-13-24(29)27(30)31-16-18)25(15-20)34-21-5-3-4-19(28)14-21/h3-11,13-16H,2,12H2,1H3,(H,32,33). The molecule has 1 aromatic heterocycles. The van der Waals surface area contributed by atoms with E-state index in [0.717, 1.165) is 22.3 Å². The third-order valence-electron chi connectivity index (χ3n) is 5.00. The van der Waals surface area contributed by atoms with Crippen LogP contribution in [-0.4, -0.2) is 16.6 Å². The molecule has 0 radical (unpaired) electrons. The molecule has 0 saturated heterocycles. The van der Waals surface area contributed by atoms with E-state index in [1.54, 1.807) is 36.0 Å². The van der Waals surface area contributed by atoms with Gasteiger partial charge in [-0.2, -0.15) is 4.39 Å². The van der Waals surface area contributed by atoms with Crippen LogP contribution in [0, 0.1) is 17.6 Å². The Kier molecular flexibility index (Phi) is 7.72. The number of thioether (sulfide) groups is 1. The van der Waals surface area contributed by atoms with Crippen LogP contribution < -0.4 is 10.1 Å². The highest BCUT2D eigenvalue weighted by Crippen LogP contribution is 2.36. The first-order valence-corrected chi connectivity index (χ1v) is 11.8. The summed E-state index contributed by atoms with van der Waals surface area (Å²) in [6, 6.07) is 19.0. The maximum Gasteiger partial charge on any atom is 0.248 e. The van der Waals surface area contributed by atoms with Crippen molar-refractivity contribution >= 4 is 23.4 Å². The van der Waals surface area contributed by atoms with Crippen LogP contribution >= 0.6 is 11.8 Å². The summed E-state index contributed by atoms with van der Waals surface area (Å²) in [5.74, 6) is -1.67. The van der Waals surface area contributed by atoms with Crippen molar-refractivity contribution < 1.29 is 22.7 Å². The smallest absolute Gasteiger partial charge is 0.248 e. The van der Waals surface area contributed by atoms with E-state index >= 15 is 0 Å². The summed E-state index contributed by atoms with van der Waals surface area (Å²) < 4.78 is 46.7. The van der Waals surface area contributed by atoms with Crippen LogP contribution in [0.1, 0.15) is 12.5 Å². The largest absolute Gasteiger partial charge is 0.457 e.